The van der Waals surface area contributed by atoms with Gasteiger partial charge in [-0.15, -0.1) is 0 Å². The topological polar surface area (TPSA) is 12.0 Å². The monoisotopic (exact) mass is 209 g/mol. The van der Waals surface area contributed by atoms with Gasteiger partial charge in [0.15, 0.2) is 0 Å². The van der Waals surface area contributed by atoms with Crippen LogP contribution < -0.4 is 5.32 Å². The summed E-state index contributed by atoms with van der Waals surface area (Å²) in [4.78, 5) is 0. The maximum Gasteiger partial charge on any atom is 0.123 e. The second kappa shape index (κ2) is 4.75. The lowest BCUT2D eigenvalue weighted by Crippen LogP contribution is -2.38. The van der Waals surface area contributed by atoms with Gasteiger partial charge in [-0.1, -0.05) is 19.1 Å². The third-order valence-electron chi connectivity index (χ3n) is 2.29. The van der Waals surface area contributed by atoms with Crippen LogP contribution in [0.5, 0.6) is 0 Å². The van der Waals surface area contributed by atoms with Gasteiger partial charge in [0.2, 0.25) is 0 Å². The molecule has 1 rings (SSSR count). The lowest BCUT2D eigenvalue weighted by Gasteiger charge is -2.28. The molecule has 0 bridgehead atoms. The van der Waals surface area contributed by atoms with Crippen molar-refractivity contribution in [2.24, 2.45) is 0 Å². The van der Waals surface area contributed by atoms with Crippen LogP contribution in [0.4, 0.5) is 4.39 Å². The predicted octanol–water partition coefficient (Wildman–Crippen LogP) is 3.66. The van der Waals surface area contributed by atoms with Crippen LogP contribution in [-0.2, 0) is 0 Å². The summed E-state index contributed by atoms with van der Waals surface area (Å²) < 4.78 is 12.8. The smallest absolute Gasteiger partial charge is 0.123 e. The van der Waals surface area contributed by atoms with Gasteiger partial charge in [-0.05, 0) is 44.9 Å². The summed E-state index contributed by atoms with van der Waals surface area (Å²) in [6.45, 7) is 8.55. The Bertz CT molecular complexity index is 297. The molecule has 0 fully saturated rings. The molecular weight excluding hydrogens is 189 g/mol. The lowest BCUT2D eigenvalue weighted by atomic mass is 10.00. The van der Waals surface area contributed by atoms with E-state index in [9.17, 15) is 4.39 Å². The van der Waals surface area contributed by atoms with Crippen molar-refractivity contribution in [1.29, 1.82) is 0 Å². The zero-order valence-corrected chi connectivity index (χ0v) is 9.97. The Morgan fingerprint density at radius 3 is 2.13 bits per heavy atom. The largest absolute Gasteiger partial charge is 0.305 e. The molecule has 0 aliphatic rings. The first-order valence-corrected chi connectivity index (χ1v) is 5.45. The zero-order valence-electron chi connectivity index (χ0n) is 9.97. The quantitative estimate of drug-likeness (QED) is 0.801. The molecule has 0 aliphatic carbocycles. The number of benzene rings is 1. The molecule has 15 heavy (non-hydrogen) atoms. The van der Waals surface area contributed by atoms with Crippen molar-refractivity contribution >= 4 is 0 Å². The molecule has 0 radical (unpaired) electrons. The van der Waals surface area contributed by atoms with E-state index in [2.05, 4.69) is 33.0 Å². The predicted molar refractivity (Wildman–Crippen MR) is 62.3 cm³/mol. The highest BCUT2D eigenvalue weighted by atomic mass is 19.1. The molecule has 2 heteroatoms. The standard InChI is InChI=1S/C13H20FN/c1-5-12(15-13(2,3)4)10-6-8-11(14)9-7-10/h6-9,12,15H,5H2,1-4H3. The Labute approximate surface area is 91.7 Å². The summed E-state index contributed by atoms with van der Waals surface area (Å²) in [6.07, 6.45) is 1.00. The van der Waals surface area contributed by atoms with Crippen molar-refractivity contribution in [3.63, 3.8) is 0 Å². The second-order valence-electron chi connectivity index (χ2n) is 4.91. The van der Waals surface area contributed by atoms with Crippen LogP contribution in [0.3, 0.4) is 0 Å². The van der Waals surface area contributed by atoms with Crippen LogP contribution in [0, 0.1) is 5.82 Å². The molecule has 0 heterocycles. The molecule has 0 saturated heterocycles. The Morgan fingerprint density at radius 1 is 1.20 bits per heavy atom. The van der Waals surface area contributed by atoms with Crippen LogP contribution in [0.1, 0.15) is 45.7 Å². The van der Waals surface area contributed by atoms with Gasteiger partial charge in [0.1, 0.15) is 5.82 Å². The highest BCUT2D eigenvalue weighted by Gasteiger charge is 2.16. The molecule has 0 saturated carbocycles. The minimum absolute atomic E-state index is 0.0784. The average Bonchev–Trinajstić information content (AvgIpc) is 2.14. The Balaban J connectivity index is 2.79. The summed E-state index contributed by atoms with van der Waals surface area (Å²) in [6, 6.07) is 7.03. The molecule has 0 aromatic heterocycles. The van der Waals surface area contributed by atoms with Crippen molar-refractivity contribution in [2.45, 2.75) is 45.7 Å². The van der Waals surface area contributed by atoms with E-state index < -0.39 is 0 Å². The first-order chi connectivity index (χ1) is 6.92. The van der Waals surface area contributed by atoms with E-state index in [-0.39, 0.29) is 11.4 Å². The molecule has 0 amide bonds. The molecule has 1 atom stereocenters. The molecule has 84 valence electrons. The van der Waals surface area contributed by atoms with Crippen LogP contribution in [0.15, 0.2) is 24.3 Å². The summed E-state index contributed by atoms with van der Waals surface area (Å²) >= 11 is 0. The number of hydrogen-bond donors (Lipinski definition) is 1. The second-order valence-corrected chi connectivity index (χ2v) is 4.91. The van der Waals surface area contributed by atoms with E-state index in [0.29, 0.717) is 6.04 Å². The Hall–Kier alpha value is -0.890. The molecule has 0 spiro atoms. The fourth-order valence-corrected chi connectivity index (χ4v) is 1.64. The zero-order chi connectivity index (χ0) is 11.5. The van der Waals surface area contributed by atoms with E-state index in [4.69, 9.17) is 0 Å². The van der Waals surface area contributed by atoms with E-state index in [1.54, 1.807) is 0 Å². The molecule has 1 N–H and O–H groups in total. The van der Waals surface area contributed by atoms with Crippen molar-refractivity contribution < 1.29 is 4.39 Å². The number of rotatable bonds is 3. The maximum atomic E-state index is 12.8. The average molecular weight is 209 g/mol. The number of hydrogen-bond acceptors (Lipinski definition) is 1. The Morgan fingerprint density at radius 2 is 1.73 bits per heavy atom. The molecule has 1 aromatic rings. The summed E-state index contributed by atoms with van der Waals surface area (Å²) in [5.41, 5.74) is 1.23. The van der Waals surface area contributed by atoms with Gasteiger partial charge in [0.05, 0.1) is 0 Å². The normalized spacial score (nSPS) is 13.9. The fraction of sp³-hybridized carbons (Fsp3) is 0.538. The number of halogens is 1. The fourth-order valence-electron chi connectivity index (χ4n) is 1.64. The van der Waals surface area contributed by atoms with Gasteiger partial charge in [-0.25, -0.2) is 4.39 Å². The third-order valence-corrected chi connectivity index (χ3v) is 2.29. The highest BCUT2D eigenvalue weighted by molar-refractivity contribution is 5.20. The first kappa shape index (κ1) is 12.2. The minimum Gasteiger partial charge on any atom is -0.305 e. The lowest BCUT2D eigenvalue weighted by molar-refractivity contribution is 0.357. The molecular formula is C13H20FN. The highest BCUT2D eigenvalue weighted by Crippen LogP contribution is 2.20. The van der Waals surface area contributed by atoms with Gasteiger partial charge < -0.3 is 5.32 Å². The molecule has 0 aliphatic heterocycles. The summed E-state index contributed by atoms with van der Waals surface area (Å²) in [7, 11) is 0. The van der Waals surface area contributed by atoms with E-state index in [1.807, 2.05) is 12.1 Å². The van der Waals surface area contributed by atoms with Gasteiger partial charge >= 0.3 is 0 Å². The summed E-state index contributed by atoms with van der Waals surface area (Å²) in [5, 5.41) is 3.52. The van der Waals surface area contributed by atoms with Crippen LogP contribution >= 0.6 is 0 Å². The number of nitrogens with one attached hydrogen (secondary N) is 1. The first-order valence-electron chi connectivity index (χ1n) is 5.45. The maximum absolute atomic E-state index is 12.8. The minimum atomic E-state index is -0.177. The van der Waals surface area contributed by atoms with Gasteiger partial charge in [-0.2, -0.15) is 0 Å². The van der Waals surface area contributed by atoms with Crippen molar-refractivity contribution in [3.05, 3.63) is 35.6 Å². The van der Waals surface area contributed by atoms with Gasteiger partial charge in [-0.3, -0.25) is 0 Å². The van der Waals surface area contributed by atoms with Gasteiger partial charge in [0, 0.05) is 11.6 Å². The van der Waals surface area contributed by atoms with Crippen molar-refractivity contribution in [2.75, 3.05) is 0 Å². The Kier molecular flexibility index (Phi) is 3.86. The SMILES string of the molecule is CCC(NC(C)(C)C)c1ccc(F)cc1. The van der Waals surface area contributed by atoms with E-state index in [0.717, 1.165) is 12.0 Å². The van der Waals surface area contributed by atoms with Crippen LogP contribution in [0.25, 0.3) is 0 Å². The summed E-state index contributed by atoms with van der Waals surface area (Å²) in [5.74, 6) is -0.177. The molecule has 1 nitrogen and oxygen atoms in total. The van der Waals surface area contributed by atoms with Crippen molar-refractivity contribution in [3.8, 4) is 0 Å². The third kappa shape index (κ3) is 4.00. The van der Waals surface area contributed by atoms with E-state index in [1.165, 1.54) is 12.1 Å². The molecule has 1 unspecified atom stereocenters. The van der Waals surface area contributed by atoms with Crippen molar-refractivity contribution in [1.82, 2.24) is 5.32 Å². The van der Waals surface area contributed by atoms with E-state index >= 15 is 0 Å². The van der Waals surface area contributed by atoms with Gasteiger partial charge in [0.25, 0.3) is 0 Å². The van der Waals surface area contributed by atoms with Crippen LogP contribution in [0.2, 0.25) is 0 Å². The van der Waals surface area contributed by atoms with Crippen LogP contribution in [-0.4, -0.2) is 5.54 Å². The molecule has 1 aromatic carbocycles.